The predicted molar refractivity (Wildman–Crippen MR) is 104 cm³/mol. The minimum Gasteiger partial charge on any atom is -0.478 e. The van der Waals surface area contributed by atoms with Crippen molar-refractivity contribution in [1.82, 2.24) is 20.6 Å². The van der Waals surface area contributed by atoms with Gasteiger partial charge in [-0.3, -0.25) is 4.99 Å². The van der Waals surface area contributed by atoms with Crippen LogP contribution in [-0.2, 0) is 6.54 Å². The number of rotatable bonds is 6. The van der Waals surface area contributed by atoms with Gasteiger partial charge in [-0.05, 0) is 31.5 Å². The van der Waals surface area contributed by atoms with Gasteiger partial charge in [0, 0.05) is 50.7 Å². The molecule has 1 saturated heterocycles. The van der Waals surface area contributed by atoms with Crippen LogP contribution in [0, 0.1) is 5.82 Å². The van der Waals surface area contributed by atoms with E-state index in [4.69, 9.17) is 4.74 Å². The standard InChI is InChI=1S/C19H25FN6O/c1-3-27-18-14(6-4-10-23-18)12-24-19(21-2)25-15-8-11-26(13-15)17-16(20)7-5-9-22-17/h4-7,9-10,15H,3,8,11-13H2,1-2H3,(H2,21,24,25). The number of nitrogens with one attached hydrogen (secondary N) is 2. The summed E-state index contributed by atoms with van der Waals surface area (Å²) in [6.45, 7) is 4.47. The Bertz CT molecular complexity index is 784. The van der Waals surface area contributed by atoms with Gasteiger partial charge < -0.3 is 20.3 Å². The summed E-state index contributed by atoms with van der Waals surface area (Å²) < 4.78 is 19.5. The van der Waals surface area contributed by atoms with Crippen LogP contribution < -0.4 is 20.3 Å². The molecule has 2 aromatic rings. The van der Waals surface area contributed by atoms with Gasteiger partial charge >= 0.3 is 0 Å². The van der Waals surface area contributed by atoms with Gasteiger partial charge in [-0.25, -0.2) is 14.4 Å². The maximum absolute atomic E-state index is 13.9. The highest BCUT2D eigenvalue weighted by atomic mass is 19.1. The third-order valence-electron chi connectivity index (χ3n) is 4.37. The van der Waals surface area contributed by atoms with Crippen LogP contribution >= 0.6 is 0 Å². The van der Waals surface area contributed by atoms with Gasteiger partial charge in [0.15, 0.2) is 17.6 Å². The zero-order chi connectivity index (χ0) is 19.1. The third-order valence-corrected chi connectivity index (χ3v) is 4.37. The van der Waals surface area contributed by atoms with Crippen LogP contribution in [0.5, 0.6) is 5.88 Å². The van der Waals surface area contributed by atoms with Gasteiger partial charge in [-0.15, -0.1) is 0 Å². The minimum absolute atomic E-state index is 0.165. The van der Waals surface area contributed by atoms with Crippen LogP contribution in [0.15, 0.2) is 41.7 Å². The number of hydrogen-bond donors (Lipinski definition) is 2. The Labute approximate surface area is 158 Å². The van der Waals surface area contributed by atoms with Crippen molar-refractivity contribution in [3.05, 3.63) is 48.0 Å². The van der Waals surface area contributed by atoms with Crippen molar-refractivity contribution >= 4 is 11.8 Å². The fraction of sp³-hybridized carbons (Fsp3) is 0.421. The zero-order valence-corrected chi connectivity index (χ0v) is 15.7. The first kappa shape index (κ1) is 18.9. The van der Waals surface area contributed by atoms with Crippen molar-refractivity contribution < 1.29 is 9.13 Å². The molecule has 8 heteroatoms. The summed E-state index contributed by atoms with van der Waals surface area (Å²) in [5.41, 5.74) is 0.964. The molecule has 7 nitrogen and oxygen atoms in total. The molecule has 1 unspecified atom stereocenters. The molecule has 0 bridgehead atoms. The number of hydrogen-bond acceptors (Lipinski definition) is 5. The fourth-order valence-corrected chi connectivity index (χ4v) is 3.07. The number of ether oxygens (including phenoxy) is 1. The topological polar surface area (TPSA) is 74.7 Å². The first-order valence-corrected chi connectivity index (χ1v) is 9.10. The van der Waals surface area contributed by atoms with Crippen LogP contribution in [0.1, 0.15) is 18.9 Å². The van der Waals surface area contributed by atoms with Crippen LogP contribution in [0.4, 0.5) is 10.2 Å². The molecule has 3 heterocycles. The lowest BCUT2D eigenvalue weighted by Gasteiger charge is -2.20. The number of nitrogens with zero attached hydrogens (tertiary/aromatic N) is 4. The van der Waals surface area contributed by atoms with Crippen molar-refractivity contribution in [2.45, 2.75) is 25.9 Å². The van der Waals surface area contributed by atoms with Crippen molar-refractivity contribution in [2.75, 3.05) is 31.6 Å². The van der Waals surface area contributed by atoms with Crippen molar-refractivity contribution in [3.8, 4) is 5.88 Å². The van der Waals surface area contributed by atoms with Gasteiger partial charge in [0.2, 0.25) is 5.88 Å². The zero-order valence-electron chi connectivity index (χ0n) is 15.7. The predicted octanol–water partition coefficient (Wildman–Crippen LogP) is 1.96. The Morgan fingerprint density at radius 2 is 2.15 bits per heavy atom. The van der Waals surface area contributed by atoms with E-state index in [9.17, 15) is 4.39 Å². The van der Waals surface area contributed by atoms with Gasteiger partial charge in [-0.1, -0.05) is 6.07 Å². The second kappa shape index (κ2) is 9.16. The van der Waals surface area contributed by atoms with Crippen molar-refractivity contribution in [2.24, 2.45) is 4.99 Å². The minimum atomic E-state index is -0.291. The molecule has 144 valence electrons. The molecule has 1 aliphatic rings. The fourth-order valence-electron chi connectivity index (χ4n) is 3.07. The summed E-state index contributed by atoms with van der Waals surface area (Å²) in [5.74, 6) is 1.43. The average molecular weight is 372 g/mol. The number of pyridine rings is 2. The molecule has 1 atom stereocenters. The Morgan fingerprint density at radius 1 is 1.33 bits per heavy atom. The molecule has 0 radical (unpaired) electrons. The van der Waals surface area contributed by atoms with Crippen LogP contribution in [0.3, 0.4) is 0 Å². The SMILES string of the molecule is CCOc1ncccc1CNC(=NC)NC1CCN(c2ncccc2F)C1. The van der Waals surface area contributed by atoms with Crippen LogP contribution in [0.25, 0.3) is 0 Å². The van der Waals surface area contributed by atoms with Gasteiger partial charge in [-0.2, -0.15) is 0 Å². The van der Waals surface area contributed by atoms with Crippen molar-refractivity contribution in [1.29, 1.82) is 0 Å². The molecule has 27 heavy (non-hydrogen) atoms. The smallest absolute Gasteiger partial charge is 0.218 e. The van der Waals surface area contributed by atoms with Gasteiger partial charge in [0.05, 0.1) is 6.61 Å². The highest BCUT2D eigenvalue weighted by Crippen LogP contribution is 2.20. The molecule has 2 N–H and O–H groups in total. The molecule has 0 aliphatic carbocycles. The lowest BCUT2D eigenvalue weighted by Crippen LogP contribution is -2.44. The molecule has 1 fully saturated rings. The highest BCUT2D eigenvalue weighted by molar-refractivity contribution is 5.80. The summed E-state index contributed by atoms with van der Waals surface area (Å²) in [6, 6.07) is 7.06. The summed E-state index contributed by atoms with van der Waals surface area (Å²) in [6.07, 6.45) is 4.21. The first-order valence-electron chi connectivity index (χ1n) is 9.10. The second-order valence-electron chi connectivity index (χ2n) is 6.21. The van der Waals surface area contributed by atoms with Crippen LogP contribution in [0.2, 0.25) is 0 Å². The Kier molecular flexibility index (Phi) is 6.40. The summed E-state index contributed by atoms with van der Waals surface area (Å²) >= 11 is 0. The molecule has 0 spiro atoms. The third kappa shape index (κ3) is 4.84. The maximum Gasteiger partial charge on any atom is 0.218 e. The Morgan fingerprint density at radius 3 is 2.93 bits per heavy atom. The van der Waals surface area contributed by atoms with E-state index in [-0.39, 0.29) is 11.9 Å². The summed E-state index contributed by atoms with van der Waals surface area (Å²) in [7, 11) is 1.73. The molecular weight excluding hydrogens is 347 g/mol. The van der Waals surface area contributed by atoms with Gasteiger partial charge in [0.1, 0.15) is 0 Å². The number of aromatic nitrogens is 2. The van der Waals surface area contributed by atoms with Crippen molar-refractivity contribution in [3.63, 3.8) is 0 Å². The number of halogens is 1. The van der Waals surface area contributed by atoms with E-state index in [1.54, 1.807) is 25.5 Å². The maximum atomic E-state index is 13.9. The molecule has 2 aromatic heterocycles. The monoisotopic (exact) mass is 372 g/mol. The van der Waals surface area contributed by atoms with E-state index in [1.165, 1.54) is 6.07 Å². The quantitative estimate of drug-likeness (QED) is 0.596. The second-order valence-corrected chi connectivity index (χ2v) is 6.21. The Balaban J connectivity index is 1.55. The molecular formula is C19H25FN6O. The summed E-state index contributed by atoms with van der Waals surface area (Å²) in [4.78, 5) is 14.6. The molecule has 0 amide bonds. The van der Waals surface area contributed by atoms with E-state index in [0.29, 0.717) is 37.4 Å². The molecule has 1 aliphatic heterocycles. The van der Waals surface area contributed by atoms with E-state index in [2.05, 4.69) is 25.6 Å². The summed E-state index contributed by atoms with van der Waals surface area (Å²) in [5, 5.41) is 6.68. The molecule has 0 saturated carbocycles. The lowest BCUT2D eigenvalue weighted by atomic mass is 10.2. The first-order chi connectivity index (χ1) is 13.2. The van der Waals surface area contributed by atoms with E-state index in [1.807, 2.05) is 24.0 Å². The number of aliphatic imine (C=N–C) groups is 1. The molecule has 0 aromatic carbocycles. The van der Waals surface area contributed by atoms with E-state index >= 15 is 0 Å². The molecule has 3 rings (SSSR count). The Hall–Kier alpha value is -2.90. The lowest BCUT2D eigenvalue weighted by molar-refractivity contribution is 0.322. The van der Waals surface area contributed by atoms with E-state index in [0.717, 1.165) is 18.5 Å². The van der Waals surface area contributed by atoms with E-state index < -0.39 is 0 Å². The average Bonchev–Trinajstić information content (AvgIpc) is 3.15. The van der Waals surface area contributed by atoms with Gasteiger partial charge in [0.25, 0.3) is 0 Å². The van der Waals surface area contributed by atoms with Crippen LogP contribution in [-0.4, -0.2) is 48.7 Å². The number of anilines is 1. The largest absolute Gasteiger partial charge is 0.478 e. The highest BCUT2D eigenvalue weighted by Gasteiger charge is 2.25. The number of guanidine groups is 1. The normalized spacial score (nSPS) is 17.1.